The van der Waals surface area contributed by atoms with Gasteiger partial charge in [-0.15, -0.1) is 0 Å². The summed E-state index contributed by atoms with van der Waals surface area (Å²) in [6.45, 7) is 4.54. The van der Waals surface area contributed by atoms with Crippen molar-refractivity contribution in [3.8, 4) is 11.6 Å². The number of nitrogens with zero attached hydrogens (tertiary/aromatic N) is 3. The van der Waals surface area contributed by atoms with Crippen LogP contribution in [0.1, 0.15) is 52.9 Å². The Bertz CT molecular complexity index is 1090. The van der Waals surface area contributed by atoms with Crippen molar-refractivity contribution >= 4 is 11.6 Å². The second-order valence-corrected chi connectivity index (χ2v) is 7.76. The Hall–Kier alpha value is -2.93. The highest BCUT2D eigenvalue weighted by Crippen LogP contribution is 2.31. The molecular formula is C23H25N3O4. The first-order valence-corrected chi connectivity index (χ1v) is 10.6. The van der Waals surface area contributed by atoms with Crippen LogP contribution in [0.4, 0.5) is 0 Å². The van der Waals surface area contributed by atoms with Gasteiger partial charge < -0.3 is 14.2 Å². The molecule has 4 heterocycles. The van der Waals surface area contributed by atoms with Crippen LogP contribution >= 0.6 is 0 Å². The largest absolute Gasteiger partial charge is 0.492 e. The molecule has 1 saturated heterocycles. The minimum Gasteiger partial charge on any atom is -0.492 e. The monoisotopic (exact) mass is 407 g/mol. The number of Topliss-reactive ketones (excluding diaryl/α,β-unsaturated/α-hetero) is 1. The molecule has 0 radical (unpaired) electrons. The highest BCUT2D eigenvalue weighted by Gasteiger charge is 2.23. The normalized spacial score (nSPS) is 16.4. The second-order valence-electron chi connectivity index (χ2n) is 7.76. The van der Waals surface area contributed by atoms with E-state index < -0.39 is 0 Å². The molecule has 7 nitrogen and oxygen atoms in total. The van der Waals surface area contributed by atoms with Crippen molar-refractivity contribution < 1.29 is 19.0 Å². The molecule has 30 heavy (non-hydrogen) atoms. The first-order chi connectivity index (χ1) is 14.7. The summed E-state index contributed by atoms with van der Waals surface area (Å²) in [4.78, 5) is 22.4. The summed E-state index contributed by atoms with van der Waals surface area (Å²) in [6.07, 6.45) is 6.91. The maximum Gasteiger partial charge on any atom is 0.237 e. The third-order valence-corrected chi connectivity index (χ3v) is 5.79. The number of para-hydroxylation sites is 1. The highest BCUT2D eigenvalue weighted by molar-refractivity contribution is 6.00. The van der Waals surface area contributed by atoms with Gasteiger partial charge in [-0.25, -0.2) is 4.98 Å². The van der Waals surface area contributed by atoms with Gasteiger partial charge in [-0.1, -0.05) is 12.1 Å². The zero-order valence-corrected chi connectivity index (χ0v) is 17.1. The van der Waals surface area contributed by atoms with Gasteiger partial charge in [0.15, 0.2) is 5.78 Å². The van der Waals surface area contributed by atoms with Crippen molar-refractivity contribution in [2.75, 3.05) is 26.4 Å². The van der Waals surface area contributed by atoms with Gasteiger partial charge in [-0.05, 0) is 31.4 Å². The van der Waals surface area contributed by atoms with Crippen LogP contribution < -0.4 is 9.47 Å². The molecule has 2 aliphatic heterocycles. The van der Waals surface area contributed by atoms with Gasteiger partial charge in [0, 0.05) is 49.9 Å². The Morgan fingerprint density at radius 1 is 1.20 bits per heavy atom. The van der Waals surface area contributed by atoms with E-state index in [0.717, 1.165) is 55.0 Å². The van der Waals surface area contributed by atoms with Crippen LogP contribution in [0.3, 0.4) is 0 Å². The topological polar surface area (TPSA) is 75.0 Å². The fourth-order valence-corrected chi connectivity index (χ4v) is 4.24. The number of benzene rings is 1. The average Bonchev–Trinajstić information content (AvgIpc) is 3.41. The third-order valence-electron chi connectivity index (χ3n) is 5.79. The standard InChI is InChI=1S/C23H25N3O4/c1-2-29-22-17(12-20(27)18-5-3-4-16-8-11-30-21(16)18)13-26-14-19(24-23(26)25-22)15-6-9-28-10-7-15/h3-5,13-15H,2,6-12H2,1H3. The molecule has 2 aliphatic rings. The first kappa shape index (κ1) is 19.1. The third kappa shape index (κ3) is 3.54. The molecule has 7 heteroatoms. The van der Waals surface area contributed by atoms with Crippen LogP contribution in [0, 0.1) is 0 Å². The molecule has 0 saturated carbocycles. The van der Waals surface area contributed by atoms with E-state index in [1.165, 1.54) is 0 Å². The Kier molecular flexibility index (Phi) is 5.12. The van der Waals surface area contributed by atoms with Crippen molar-refractivity contribution in [1.82, 2.24) is 14.4 Å². The summed E-state index contributed by atoms with van der Waals surface area (Å²) in [5.41, 5.74) is 3.49. The quantitative estimate of drug-likeness (QED) is 0.583. The molecule has 156 valence electrons. The van der Waals surface area contributed by atoms with Gasteiger partial charge in [0.25, 0.3) is 0 Å². The van der Waals surface area contributed by atoms with E-state index in [4.69, 9.17) is 19.2 Å². The molecule has 0 unspecified atom stereocenters. The molecule has 0 N–H and O–H groups in total. The summed E-state index contributed by atoms with van der Waals surface area (Å²) in [5, 5.41) is 0. The summed E-state index contributed by atoms with van der Waals surface area (Å²) < 4.78 is 18.8. The molecule has 0 spiro atoms. The van der Waals surface area contributed by atoms with E-state index in [-0.39, 0.29) is 12.2 Å². The predicted molar refractivity (Wildman–Crippen MR) is 111 cm³/mol. The lowest BCUT2D eigenvalue weighted by Crippen LogP contribution is -2.14. The lowest BCUT2D eigenvalue weighted by Gasteiger charge is -2.19. The molecule has 1 fully saturated rings. The molecule has 0 aliphatic carbocycles. The van der Waals surface area contributed by atoms with E-state index in [9.17, 15) is 4.79 Å². The molecule has 2 aromatic heterocycles. The van der Waals surface area contributed by atoms with Crippen LogP contribution in [0.15, 0.2) is 30.6 Å². The summed E-state index contributed by atoms with van der Waals surface area (Å²) >= 11 is 0. The smallest absolute Gasteiger partial charge is 0.237 e. The van der Waals surface area contributed by atoms with Crippen LogP contribution in [0.25, 0.3) is 5.78 Å². The van der Waals surface area contributed by atoms with Crippen molar-refractivity contribution in [3.63, 3.8) is 0 Å². The molecule has 0 amide bonds. The lowest BCUT2D eigenvalue weighted by atomic mass is 9.97. The Morgan fingerprint density at radius 2 is 2.07 bits per heavy atom. The van der Waals surface area contributed by atoms with Crippen molar-refractivity contribution in [2.45, 2.75) is 38.5 Å². The Labute approximate surface area is 175 Å². The Balaban J connectivity index is 1.47. The number of carbonyl (C=O) groups is 1. The van der Waals surface area contributed by atoms with Crippen molar-refractivity contribution in [2.24, 2.45) is 0 Å². The molecule has 0 bridgehead atoms. The lowest BCUT2D eigenvalue weighted by molar-refractivity contribution is 0.0846. The van der Waals surface area contributed by atoms with E-state index >= 15 is 0 Å². The van der Waals surface area contributed by atoms with Crippen LogP contribution in [0.2, 0.25) is 0 Å². The number of carbonyl (C=O) groups excluding carboxylic acids is 1. The van der Waals surface area contributed by atoms with Crippen LogP contribution in [-0.4, -0.2) is 46.6 Å². The van der Waals surface area contributed by atoms with Crippen LogP contribution in [-0.2, 0) is 17.6 Å². The maximum absolute atomic E-state index is 13.1. The Morgan fingerprint density at radius 3 is 2.90 bits per heavy atom. The molecule has 3 aromatic rings. The predicted octanol–water partition coefficient (Wildman–Crippen LogP) is 3.38. The maximum atomic E-state index is 13.1. The van der Waals surface area contributed by atoms with Gasteiger partial charge >= 0.3 is 0 Å². The number of ketones is 1. The van der Waals surface area contributed by atoms with Gasteiger partial charge in [0.05, 0.1) is 24.5 Å². The SMILES string of the molecule is CCOc1nc2nc(C3CCOCC3)cn2cc1CC(=O)c1cccc2c1OCC2. The molecule has 5 rings (SSSR count). The zero-order chi connectivity index (χ0) is 20.5. The number of hydrogen-bond acceptors (Lipinski definition) is 6. The number of aromatic nitrogens is 3. The molecule has 1 aromatic carbocycles. The number of hydrogen-bond donors (Lipinski definition) is 0. The van der Waals surface area contributed by atoms with Gasteiger partial charge in [-0.2, -0.15) is 4.98 Å². The minimum atomic E-state index is 0.000575. The summed E-state index contributed by atoms with van der Waals surface area (Å²) in [7, 11) is 0. The van der Waals surface area contributed by atoms with Crippen LogP contribution in [0.5, 0.6) is 11.6 Å². The van der Waals surface area contributed by atoms with E-state index in [1.807, 2.05) is 41.9 Å². The number of rotatable bonds is 6. The number of imidazole rings is 1. The van der Waals surface area contributed by atoms with Gasteiger partial charge in [-0.3, -0.25) is 9.20 Å². The summed E-state index contributed by atoms with van der Waals surface area (Å²) in [6, 6.07) is 5.77. The minimum absolute atomic E-state index is 0.000575. The second kappa shape index (κ2) is 8.07. The number of ether oxygens (including phenoxy) is 3. The molecule has 0 atom stereocenters. The highest BCUT2D eigenvalue weighted by atomic mass is 16.5. The first-order valence-electron chi connectivity index (χ1n) is 10.6. The average molecular weight is 407 g/mol. The fraction of sp³-hybridized carbons (Fsp3) is 0.435. The summed E-state index contributed by atoms with van der Waals surface area (Å²) in [5.74, 6) is 2.17. The van der Waals surface area contributed by atoms with E-state index in [0.29, 0.717) is 36.4 Å². The van der Waals surface area contributed by atoms with E-state index in [2.05, 4.69) is 4.98 Å². The van der Waals surface area contributed by atoms with Crippen molar-refractivity contribution in [3.05, 3.63) is 53.0 Å². The van der Waals surface area contributed by atoms with Crippen molar-refractivity contribution in [1.29, 1.82) is 0 Å². The number of fused-ring (bicyclic) bond motifs is 2. The zero-order valence-electron chi connectivity index (χ0n) is 17.1. The molecular weight excluding hydrogens is 382 g/mol. The fourth-order valence-electron chi connectivity index (χ4n) is 4.24. The van der Waals surface area contributed by atoms with Gasteiger partial charge in [0.2, 0.25) is 11.7 Å². The van der Waals surface area contributed by atoms with Gasteiger partial charge in [0.1, 0.15) is 5.75 Å². The van der Waals surface area contributed by atoms with E-state index in [1.54, 1.807) is 0 Å².